The zero-order valence-corrected chi connectivity index (χ0v) is 21.7. The van der Waals surface area contributed by atoms with Gasteiger partial charge in [-0.1, -0.05) is 19.9 Å². The molecule has 2 aromatic carbocycles. The van der Waals surface area contributed by atoms with E-state index in [9.17, 15) is 9.59 Å². The van der Waals surface area contributed by atoms with E-state index in [1.807, 2.05) is 36.5 Å². The highest BCUT2D eigenvalue weighted by molar-refractivity contribution is 5.99. The van der Waals surface area contributed by atoms with Gasteiger partial charge in [0, 0.05) is 48.7 Å². The summed E-state index contributed by atoms with van der Waals surface area (Å²) >= 11 is 0. The van der Waals surface area contributed by atoms with E-state index in [-0.39, 0.29) is 11.8 Å². The molecule has 3 amide bonds. The minimum absolute atomic E-state index is 0.182. The molecule has 39 heavy (non-hydrogen) atoms. The largest absolute Gasteiger partial charge is 0.457 e. The molecule has 0 aliphatic carbocycles. The van der Waals surface area contributed by atoms with Crippen molar-refractivity contribution in [3.05, 3.63) is 91.0 Å². The maximum absolute atomic E-state index is 12.9. The van der Waals surface area contributed by atoms with Crippen LogP contribution in [0.1, 0.15) is 32.4 Å². The minimum Gasteiger partial charge on any atom is -0.457 e. The molecular formula is C29H27N7O3. The number of benzene rings is 2. The van der Waals surface area contributed by atoms with Crippen LogP contribution in [0.5, 0.6) is 11.5 Å². The van der Waals surface area contributed by atoms with Crippen LogP contribution in [0.2, 0.25) is 0 Å². The van der Waals surface area contributed by atoms with E-state index in [0.29, 0.717) is 28.8 Å². The Bertz CT molecular complexity index is 1640. The fourth-order valence-electron chi connectivity index (χ4n) is 3.91. The molecule has 0 spiro atoms. The maximum Gasteiger partial charge on any atom is 0.324 e. The van der Waals surface area contributed by atoms with Gasteiger partial charge in [0.2, 0.25) is 5.91 Å². The van der Waals surface area contributed by atoms with E-state index >= 15 is 0 Å². The molecule has 5 rings (SSSR count). The number of anilines is 3. The number of nitrogens with zero attached hydrogens (tertiary/aromatic N) is 4. The molecule has 0 aliphatic rings. The van der Waals surface area contributed by atoms with Crippen LogP contribution in [0, 0.1) is 0 Å². The van der Waals surface area contributed by atoms with Crippen LogP contribution < -0.4 is 20.7 Å². The SMILES string of the molecule is CC(=O)Nc1cc(Oc2ccc(NC(=O)Nc3cc(C(C)C)nn3-c3ccc4cnccc4c3)cc2)ccn1. The molecule has 196 valence electrons. The third-order valence-corrected chi connectivity index (χ3v) is 5.81. The lowest BCUT2D eigenvalue weighted by molar-refractivity contribution is -0.114. The zero-order valence-electron chi connectivity index (χ0n) is 21.7. The van der Waals surface area contributed by atoms with Crippen LogP contribution in [-0.4, -0.2) is 31.7 Å². The second-order valence-corrected chi connectivity index (χ2v) is 9.19. The van der Waals surface area contributed by atoms with Gasteiger partial charge in [-0.15, -0.1) is 0 Å². The van der Waals surface area contributed by atoms with Crippen molar-refractivity contribution >= 4 is 40.0 Å². The lowest BCUT2D eigenvalue weighted by Crippen LogP contribution is -2.21. The average Bonchev–Trinajstić information content (AvgIpc) is 3.33. The Kier molecular flexibility index (Phi) is 7.17. The first-order valence-corrected chi connectivity index (χ1v) is 12.4. The predicted octanol–water partition coefficient (Wildman–Crippen LogP) is 6.33. The summed E-state index contributed by atoms with van der Waals surface area (Å²) in [5.41, 5.74) is 2.27. The summed E-state index contributed by atoms with van der Waals surface area (Å²) in [6, 6.07) is 19.6. The Morgan fingerprint density at radius 1 is 0.846 bits per heavy atom. The van der Waals surface area contributed by atoms with E-state index in [2.05, 4.69) is 39.8 Å². The number of pyridine rings is 2. The Balaban J connectivity index is 1.29. The van der Waals surface area contributed by atoms with Crippen molar-refractivity contribution in [1.29, 1.82) is 0 Å². The molecule has 3 N–H and O–H groups in total. The van der Waals surface area contributed by atoms with Crippen molar-refractivity contribution < 1.29 is 14.3 Å². The number of aromatic nitrogens is 4. The molecule has 0 fully saturated rings. The molecule has 5 aromatic rings. The number of hydrogen-bond acceptors (Lipinski definition) is 6. The molecule has 0 atom stereocenters. The van der Waals surface area contributed by atoms with Crippen LogP contribution in [0.25, 0.3) is 16.5 Å². The highest BCUT2D eigenvalue weighted by atomic mass is 16.5. The van der Waals surface area contributed by atoms with E-state index in [1.165, 1.54) is 6.92 Å². The second-order valence-electron chi connectivity index (χ2n) is 9.19. The topological polar surface area (TPSA) is 123 Å². The number of amides is 3. The Hall–Kier alpha value is -5.25. The molecule has 0 aliphatic heterocycles. The summed E-state index contributed by atoms with van der Waals surface area (Å²) in [4.78, 5) is 32.4. The van der Waals surface area contributed by atoms with Crippen LogP contribution in [0.3, 0.4) is 0 Å². The van der Waals surface area contributed by atoms with Gasteiger partial charge in [0.25, 0.3) is 0 Å². The summed E-state index contributed by atoms with van der Waals surface area (Å²) in [7, 11) is 0. The van der Waals surface area contributed by atoms with E-state index < -0.39 is 6.03 Å². The number of ether oxygens (including phenoxy) is 1. The number of urea groups is 1. The van der Waals surface area contributed by atoms with Crippen LogP contribution in [0.4, 0.5) is 22.1 Å². The Labute approximate surface area is 225 Å². The first-order chi connectivity index (χ1) is 18.8. The zero-order chi connectivity index (χ0) is 27.4. The Morgan fingerprint density at radius 2 is 1.67 bits per heavy atom. The van der Waals surface area contributed by atoms with Gasteiger partial charge >= 0.3 is 6.03 Å². The van der Waals surface area contributed by atoms with Crippen molar-refractivity contribution in [2.45, 2.75) is 26.7 Å². The molecular weight excluding hydrogens is 494 g/mol. The van der Waals surface area contributed by atoms with Gasteiger partial charge in [-0.25, -0.2) is 14.5 Å². The fraction of sp³-hybridized carbons (Fsp3) is 0.138. The van der Waals surface area contributed by atoms with Crippen molar-refractivity contribution in [2.75, 3.05) is 16.0 Å². The van der Waals surface area contributed by atoms with Crippen LogP contribution >= 0.6 is 0 Å². The fourth-order valence-corrected chi connectivity index (χ4v) is 3.91. The third-order valence-electron chi connectivity index (χ3n) is 5.81. The van der Waals surface area contributed by atoms with Crippen LogP contribution in [0.15, 0.2) is 85.3 Å². The van der Waals surface area contributed by atoms with Gasteiger partial charge in [0.05, 0.1) is 11.4 Å². The van der Waals surface area contributed by atoms with Crippen molar-refractivity contribution in [3.63, 3.8) is 0 Å². The van der Waals surface area contributed by atoms with Gasteiger partial charge in [-0.05, 0) is 59.8 Å². The summed E-state index contributed by atoms with van der Waals surface area (Å²) < 4.78 is 7.57. The van der Waals surface area contributed by atoms with E-state index in [0.717, 1.165) is 22.2 Å². The molecule has 0 unspecified atom stereocenters. The number of carbonyl (C=O) groups excluding carboxylic acids is 2. The van der Waals surface area contributed by atoms with Gasteiger partial charge in [0.15, 0.2) is 0 Å². The lowest BCUT2D eigenvalue weighted by atomic mass is 10.1. The number of hydrogen-bond donors (Lipinski definition) is 3. The normalized spacial score (nSPS) is 10.9. The van der Waals surface area contributed by atoms with Crippen LogP contribution in [-0.2, 0) is 4.79 Å². The highest BCUT2D eigenvalue weighted by Gasteiger charge is 2.15. The summed E-state index contributed by atoms with van der Waals surface area (Å²) in [5.74, 6) is 2.00. The number of rotatable bonds is 7. The minimum atomic E-state index is -0.404. The summed E-state index contributed by atoms with van der Waals surface area (Å²) in [6.45, 7) is 5.52. The quantitative estimate of drug-likeness (QED) is 0.230. The maximum atomic E-state index is 12.9. The van der Waals surface area contributed by atoms with E-state index in [1.54, 1.807) is 53.5 Å². The standard InChI is InChI=1S/C29H27N7O3/c1-18(2)26-16-28(36(35-26)23-7-4-21-17-30-12-10-20(21)14-23)34-29(38)33-22-5-8-24(9-6-22)39-25-11-13-31-27(15-25)32-19(3)37/h4-18H,1-3H3,(H,31,32,37)(H2,33,34,38). The second kappa shape index (κ2) is 11.0. The average molecular weight is 522 g/mol. The lowest BCUT2D eigenvalue weighted by Gasteiger charge is -2.11. The molecule has 0 saturated carbocycles. The smallest absolute Gasteiger partial charge is 0.324 e. The van der Waals surface area contributed by atoms with Crippen molar-refractivity contribution in [3.8, 4) is 17.2 Å². The van der Waals surface area contributed by atoms with Crippen molar-refractivity contribution in [1.82, 2.24) is 19.7 Å². The molecule has 3 aromatic heterocycles. The number of carbonyl (C=O) groups is 2. The molecule has 0 radical (unpaired) electrons. The van der Waals surface area contributed by atoms with Gasteiger partial charge in [-0.3, -0.25) is 15.1 Å². The molecule has 10 heteroatoms. The van der Waals surface area contributed by atoms with Gasteiger partial charge in [-0.2, -0.15) is 5.10 Å². The third kappa shape index (κ3) is 6.19. The molecule has 0 saturated heterocycles. The molecule has 0 bridgehead atoms. The summed E-state index contributed by atoms with van der Waals surface area (Å²) in [6.07, 6.45) is 5.11. The van der Waals surface area contributed by atoms with E-state index in [4.69, 9.17) is 9.84 Å². The number of fused-ring (bicyclic) bond motifs is 1. The summed E-state index contributed by atoms with van der Waals surface area (Å²) in [5, 5.41) is 15.2. The molecule has 10 nitrogen and oxygen atoms in total. The first kappa shape index (κ1) is 25.4. The number of nitrogens with one attached hydrogen (secondary N) is 3. The monoisotopic (exact) mass is 521 g/mol. The molecule has 3 heterocycles. The van der Waals surface area contributed by atoms with Gasteiger partial charge < -0.3 is 15.4 Å². The van der Waals surface area contributed by atoms with Crippen molar-refractivity contribution in [2.24, 2.45) is 0 Å². The first-order valence-electron chi connectivity index (χ1n) is 12.4. The van der Waals surface area contributed by atoms with Gasteiger partial charge in [0.1, 0.15) is 23.1 Å². The Morgan fingerprint density at radius 3 is 2.44 bits per heavy atom. The highest BCUT2D eigenvalue weighted by Crippen LogP contribution is 2.26. The predicted molar refractivity (Wildman–Crippen MR) is 151 cm³/mol.